The fourth-order valence-corrected chi connectivity index (χ4v) is 31.4. The van der Waals surface area contributed by atoms with Gasteiger partial charge in [0, 0.05) is 0 Å². The van der Waals surface area contributed by atoms with E-state index in [9.17, 15) is 14.7 Å². The predicted octanol–water partition coefficient (Wildman–Crippen LogP) is 9.06. The SMILES string of the molecule is CC.CC1CC1.C[C@H](CCC(=O)N(C)C1CCN(C(=O)C2CC2)CC1)[Tl]1[CH2]CC2C3CC=C4CC(O)CCC4(C)C3CC[C]21C.O=CCl. The van der Waals surface area contributed by atoms with Crippen LogP contribution in [0.4, 0.5) is 0 Å². The summed E-state index contributed by atoms with van der Waals surface area (Å²) in [5, 5.41) is 10.3. The predicted molar refractivity (Wildman–Crippen MR) is 200 cm³/mol. The zero-order valence-corrected chi connectivity index (χ0v) is 36.8. The van der Waals surface area contributed by atoms with Crippen LogP contribution in [0.1, 0.15) is 138 Å². The van der Waals surface area contributed by atoms with E-state index in [-0.39, 0.29) is 11.8 Å². The molecule has 6 fully saturated rings. The van der Waals surface area contributed by atoms with Crippen LogP contribution >= 0.6 is 11.6 Å². The maximum Gasteiger partial charge on any atom is 0.208 e. The normalized spacial score (nSPS) is 34.6. The van der Waals surface area contributed by atoms with E-state index < -0.39 is 22.7 Å². The van der Waals surface area contributed by atoms with Crippen LogP contribution in [0, 0.1) is 35.0 Å². The van der Waals surface area contributed by atoms with E-state index in [1.54, 1.807) is 9.55 Å². The molecule has 7 rings (SSSR count). The van der Waals surface area contributed by atoms with Gasteiger partial charge in [-0.2, -0.15) is 0 Å². The smallest absolute Gasteiger partial charge is 0.208 e. The monoisotopic (exact) mass is 880 g/mol. The number of aliphatic hydroxyl groups excluding tert-OH is 1. The molecule has 2 saturated heterocycles. The number of hydrogen-bond acceptors (Lipinski definition) is 4. The molecule has 8 heteroatoms. The van der Waals surface area contributed by atoms with E-state index in [4.69, 9.17) is 4.79 Å². The average molecular weight is 881 g/mol. The summed E-state index contributed by atoms with van der Waals surface area (Å²) >= 11 is 2.30. The van der Waals surface area contributed by atoms with E-state index >= 15 is 0 Å². The minimum Gasteiger partial charge on any atom is -0.285 e. The van der Waals surface area contributed by atoms with Gasteiger partial charge in [0.2, 0.25) is 5.75 Å². The zero-order chi connectivity index (χ0) is 35.2. The third-order valence-electron chi connectivity index (χ3n) is 14.2. The van der Waals surface area contributed by atoms with Crippen LogP contribution in [0.3, 0.4) is 0 Å². The molecule has 6 unspecified atom stereocenters. The fourth-order valence-electron chi connectivity index (χ4n) is 10.8. The second-order valence-electron chi connectivity index (χ2n) is 17.0. The quantitative estimate of drug-likeness (QED) is 0.125. The first-order valence-electron chi connectivity index (χ1n) is 19.9. The summed E-state index contributed by atoms with van der Waals surface area (Å²) in [6.07, 6.45) is 19.9. The molecule has 0 aromatic heterocycles. The van der Waals surface area contributed by atoms with E-state index in [2.05, 4.69) is 50.3 Å². The van der Waals surface area contributed by atoms with Crippen molar-refractivity contribution in [3.63, 3.8) is 0 Å². The van der Waals surface area contributed by atoms with Crippen molar-refractivity contribution >= 4 is 51.9 Å². The molecule has 6 nitrogen and oxygen atoms in total. The first-order chi connectivity index (χ1) is 22.9. The van der Waals surface area contributed by atoms with E-state index in [1.807, 2.05) is 25.8 Å². The molecule has 2 amide bonds. The van der Waals surface area contributed by atoms with Crippen molar-refractivity contribution in [2.75, 3.05) is 20.1 Å². The molecule has 2 heterocycles. The summed E-state index contributed by atoms with van der Waals surface area (Å²) in [5.41, 5.74) is 1.92. The number of rotatable bonds is 6. The first-order valence-corrected chi connectivity index (χ1v) is 28.3. The number of aliphatic hydroxyl groups is 1. The first kappa shape index (κ1) is 40.3. The van der Waals surface area contributed by atoms with Crippen molar-refractivity contribution < 1.29 is 19.5 Å². The number of piperidine rings is 1. The van der Waals surface area contributed by atoms with Gasteiger partial charge in [-0.15, -0.1) is 0 Å². The van der Waals surface area contributed by atoms with Gasteiger partial charge in [-0.25, -0.2) is 0 Å². The zero-order valence-electron chi connectivity index (χ0n) is 31.5. The van der Waals surface area contributed by atoms with E-state index in [0.717, 1.165) is 85.2 Å². The van der Waals surface area contributed by atoms with Crippen LogP contribution < -0.4 is 0 Å². The Morgan fingerprint density at radius 1 is 1.04 bits per heavy atom. The van der Waals surface area contributed by atoms with Gasteiger partial charge in [0.15, 0.2) is 0 Å². The van der Waals surface area contributed by atoms with Gasteiger partial charge in [-0.05, 0) is 17.5 Å². The second-order valence-corrected chi connectivity index (χ2v) is 33.7. The van der Waals surface area contributed by atoms with Crippen LogP contribution in [0.15, 0.2) is 11.6 Å². The minimum atomic E-state index is -2.02. The minimum absolute atomic E-state index is 0.116. The molecule has 0 spiro atoms. The maximum absolute atomic E-state index is 13.3. The Kier molecular flexibility index (Phi) is 15.0. The summed E-state index contributed by atoms with van der Waals surface area (Å²) in [7, 11) is 2.02. The van der Waals surface area contributed by atoms with Gasteiger partial charge >= 0.3 is 247 Å². The standard InChI is InChI=1S/C18H28O.C15H25N2O2.C4H8.C2H6.CHClO.Tl/c1-4-15-12(2)5-8-17-16(15)7-6-13-11-14(19)9-10-18(13,17)3;1-3-4-5-14(18)16(2)13-8-10-17(11-9-13)15(19)12-6-7-12;1-4-2-3-4;1-2;2-1-3;/h6,14-17,19H,1,4-5,7-11H2,2-3H3;3,12-13H,4-11H2,1-2H3;4H,2-3H2,1H3;1-2H3;1H;. The number of allylic oxidation sites excluding steroid dienone is 1. The Hall–Kier alpha value is -0.478. The molecule has 1 N–H and O–H groups in total. The topological polar surface area (TPSA) is 77.9 Å². The van der Waals surface area contributed by atoms with Crippen LogP contribution in [-0.4, -0.2) is 87.5 Å². The van der Waals surface area contributed by atoms with Gasteiger partial charge in [-0.3, -0.25) is 4.79 Å². The average Bonchev–Trinajstić information content (AvgIpc) is 4.03. The Labute approximate surface area is 306 Å². The second kappa shape index (κ2) is 17.8. The summed E-state index contributed by atoms with van der Waals surface area (Å²) in [4.78, 5) is 38.4. The number of carbonyl (C=O) groups excluding carboxylic acids is 3. The number of likely N-dealkylation sites (tertiary alicyclic amines) is 1. The van der Waals surface area contributed by atoms with Crippen molar-refractivity contribution in [2.24, 2.45) is 35.0 Å². The summed E-state index contributed by atoms with van der Waals surface area (Å²) in [5.74, 6) is 4.90. The largest absolute Gasteiger partial charge is 0.285 e. The Morgan fingerprint density at radius 3 is 2.25 bits per heavy atom. The number of hydrogen-bond donors (Lipinski definition) is 1. The van der Waals surface area contributed by atoms with Gasteiger partial charge in [0.25, 0.3) is 0 Å². The molecule has 48 heavy (non-hydrogen) atoms. The molecule has 0 aromatic carbocycles. The number of amides is 2. The summed E-state index contributed by atoms with van der Waals surface area (Å²) < 4.78 is 2.99. The third-order valence-corrected chi connectivity index (χ3v) is 33.9. The Bertz CT molecular complexity index is 1120. The van der Waals surface area contributed by atoms with Gasteiger partial charge in [0.05, 0.1) is 0 Å². The molecule has 0 aromatic rings. The molecule has 0 bridgehead atoms. The molecule has 2 aliphatic heterocycles. The van der Waals surface area contributed by atoms with Crippen molar-refractivity contribution in [2.45, 2.75) is 160 Å². The molecular weight excluding hydrogens is 812 g/mol. The van der Waals surface area contributed by atoms with Crippen LogP contribution in [-0.2, 0) is 14.4 Å². The molecule has 0 radical (unpaired) electrons. The third kappa shape index (κ3) is 9.30. The molecular formula is C40H68ClN2O4Tl. The van der Waals surface area contributed by atoms with E-state index in [1.165, 1.54) is 44.9 Å². The molecule has 4 saturated carbocycles. The van der Waals surface area contributed by atoms with Crippen molar-refractivity contribution in [3.8, 4) is 0 Å². The fraction of sp³-hybridized carbons (Fsp3) is 0.875. The van der Waals surface area contributed by atoms with E-state index in [0.29, 0.717) is 38.6 Å². The van der Waals surface area contributed by atoms with Crippen LogP contribution in [0.5, 0.6) is 0 Å². The number of carbonyl (C=O) groups is 3. The van der Waals surface area contributed by atoms with Crippen molar-refractivity contribution in [1.82, 2.24) is 9.80 Å². The molecule has 7 atom stereocenters. The number of nitrogens with zero attached hydrogens (tertiary/aromatic N) is 2. The summed E-state index contributed by atoms with van der Waals surface area (Å²) in [6, 6.07) is 0.302. The molecule has 272 valence electrons. The van der Waals surface area contributed by atoms with Crippen LogP contribution in [0.25, 0.3) is 0 Å². The maximum atomic E-state index is 13.3. The molecule has 5 aliphatic carbocycles. The molecule has 7 aliphatic rings. The van der Waals surface area contributed by atoms with Crippen LogP contribution in [0.2, 0.25) is 10.4 Å². The van der Waals surface area contributed by atoms with Gasteiger partial charge in [0.1, 0.15) is 0 Å². The van der Waals surface area contributed by atoms with Gasteiger partial charge in [-0.1, -0.05) is 33.6 Å². The van der Waals surface area contributed by atoms with Crippen molar-refractivity contribution in [1.29, 1.82) is 0 Å². The number of fused-ring (bicyclic) bond motifs is 5. The van der Waals surface area contributed by atoms with Crippen molar-refractivity contribution in [3.05, 3.63) is 11.6 Å². The number of halogens is 1. The summed E-state index contributed by atoms with van der Waals surface area (Å²) in [6.45, 7) is 15.7. The van der Waals surface area contributed by atoms with Gasteiger partial charge < -0.3 is 0 Å². The Morgan fingerprint density at radius 2 is 1.67 bits per heavy atom. The Balaban J connectivity index is 0.000000515.